The number of hydrogen-bond acceptors (Lipinski definition) is 2. The number of likely N-dealkylation sites (tertiary alicyclic amines) is 1. The molecule has 4 heteroatoms. The van der Waals surface area contributed by atoms with E-state index in [4.69, 9.17) is 0 Å². The fraction of sp³-hybridized carbons (Fsp3) is 0.714. The molecule has 0 bridgehead atoms. The van der Waals surface area contributed by atoms with Crippen LogP contribution in [0.2, 0.25) is 0 Å². The van der Waals surface area contributed by atoms with Gasteiger partial charge < -0.3 is 10.2 Å². The van der Waals surface area contributed by atoms with E-state index in [0.29, 0.717) is 25.3 Å². The van der Waals surface area contributed by atoms with Gasteiger partial charge in [-0.3, -0.25) is 9.59 Å². The largest absolute Gasteiger partial charge is 0.356 e. The molecule has 1 unspecified atom stereocenters. The zero-order valence-corrected chi connectivity index (χ0v) is 10.9. The van der Waals surface area contributed by atoms with Gasteiger partial charge in [-0.1, -0.05) is 12.2 Å². The highest BCUT2D eigenvalue weighted by atomic mass is 16.2. The lowest BCUT2D eigenvalue weighted by Gasteiger charge is -2.15. The van der Waals surface area contributed by atoms with Crippen LogP contribution in [0.25, 0.3) is 0 Å². The van der Waals surface area contributed by atoms with Crippen LogP contribution in [-0.4, -0.2) is 36.3 Å². The smallest absolute Gasteiger partial charge is 0.224 e. The average molecular weight is 250 g/mol. The molecular formula is C14H22N2O2. The van der Waals surface area contributed by atoms with Crippen molar-refractivity contribution < 1.29 is 9.59 Å². The van der Waals surface area contributed by atoms with E-state index >= 15 is 0 Å². The first kappa shape index (κ1) is 13.1. The van der Waals surface area contributed by atoms with Crippen LogP contribution in [0.4, 0.5) is 0 Å². The van der Waals surface area contributed by atoms with E-state index in [1.54, 1.807) is 0 Å². The van der Waals surface area contributed by atoms with E-state index < -0.39 is 0 Å². The molecule has 0 saturated carbocycles. The van der Waals surface area contributed by atoms with Gasteiger partial charge in [0.25, 0.3) is 0 Å². The van der Waals surface area contributed by atoms with Gasteiger partial charge in [0.05, 0.1) is 0 Å². The SMILES string of the molecule is O=C(CC1C=CCC1)NCCC(=O)N1CCCC1. The maximum atomic E-state index is 11.7. The predicted molar refractivity (Wildman–Crippen MR) is 69.9 cm³/mol. The topological polar surface area (TPSA) is 49.4 Å². The van der Waals surface area contributed by atoms with Gasteiger partial charge in [0.1, 0.15) is 0 Å². The maximum Gasteiger partial charge on any atom is 0.224 e. The minimum Gasteiger partial charge on any atom is -0.356 e. The number of hydrogen-bond donors (Lipinski definition) is 1. The van der Waals surface area contributed by atoms with E-state index in [1.807, 2.05) is 4.90 Å². The van der Waals surface area contributed by atoms with E-state index in [9.17, 15) is 9.59 Å². The molecule has 2 amide bonds. The minimum atomic E-state index is 0.0702. The second-order valence-corrected chi connectivity index (χ2v) is 5.16. The molecule has 2 rings (SSSR count). The summed E-state index contributed by atoms with van der Waals surface area (Å²) >= 11 is 0. The van der Waals surface area contributed by atoms with Crippen LogP contribution < -0.4 is 5.32 Å². The molecule has 100 valence electrons. The number of carbonyl (C=O) groups excluding carboxylic acids is 2. The molecule has 1 aliphatic carbocycles. The van der Waals surface area contributed by atoms with Crippen molar-refractivity contribution >= 4 is 11.8 Å². The van der Waals surface area contributed by atoms with E-state index in [-0.39, 0.29) is 11.8 Å². The fourth-order valence-electron chi connectivity index (χ4n) is 2.61. The van der Waals surface area contributed by atoms with Crippen molar-refractivity contribution in [3.05, 3.63) is 12.2 Å². The van der Waals surface area contributed by atoms with Crippen LogP contribution >= 0.6 is 0 Å². The molecule has 0 radical (unpaired) electrons. The third-order valence-electron chi connectivity index (χ3n) is 3.68. The van der Waals surface area contributed by atoms with Crippen molar-refractivity contribution in [1.29, 1.82) is 0 Å². The summed E-state index contributed by atoms with van der Waals surface area (Å²) < 4.78 is 0. The van der Waals surface area contributed by atoms with Crippen LogP contribution in [0.3, 0.4) is 0 Å². The Morgan fingerprint density at radius 1 is 1.28 bits per heavy atom. The third kappa shape index (κ3) is 3.86. The van der Waals surface area contributed by atoms with Crippen LogP contribution in [-0.2, 0) is 9.59 Å². The standard InChI is InChI=1S/C14H22N2O2/c17-13(11-12-5-1-2-6-12)15-8-7-14(18)16-9-3-4-10-16/h1,5,12H,2-4,6-11H2,(H,15,17). The van der Waals surface area contributed by atoms with E-state index in [2.05, 4.69) is 17.5 Å². The normalized spacial score (nSPS) is 22.4. The highest BCUT2D eigenvalue weighted by Crippen LogP contribution is 2.19. The molecule has 4 nitrogen and oxygen atoms in total. The monoisotopic (exact) mass is 250 g/mol. The van der Waals surface area contributed by atoms with Gasteiger partial charge in [-0.05, 0) is 31.6 Å². The second-order valence-electron chi connectivity index (χ2n) is 5.16. The minimum absolute atomic E-state index is 0.0702. The highest BCUT2D eigenvalue weighted by Gasteiger charge is 2.18. The lowest BCUT2D eigenvalue weighted by atomic mass is 10.1. The lowest BCUT2D eigenvalue weighted by Crippen LogP contribution is -2.33. The summed E-state index contributed by atoms with van der Waals surface area (Å²) in [5.74, 6) is 0.647. The second kappa shape index (κ2) is 6.57. The van der Waals surface area contributed by atoms with Crippen molar-refractivity contribution in [2.24, 2.45) is 5.92 Å². The van der Waals surface area contributed by atoms with Gasteiger partial charge in [0.15, 0.2) is 0 Å². The first-order valence-corrected chi connectivity index (χ1v) is 6.97. The Morgan fingerprint density at radius 3 is 2.72 bits per heavy atom. The fourth-order valence-corrected chi connectivity index (χ4v) is 2.61. The molecule has 1 saturated heterocycles. The van der Waals surface area contributed by atoms with Crippen LogP contribution in [0.1, 0.15) is 38.5 Å². The number of amides is 2. The Morgan fingerprint density at radius 2 is 2.06 bits per heavy atom. The van der Waals surface area contributed by atoms with Gasteiger partial charge in [-0.2, -0.15) is 0 Å². The Hall–Kier alpha value is -1.32. The van der Waals surface area contributed by atoms with Crippen molar-refractivity contribution in [2.75, 3.05) is 19.6 Å². The van der Waals surface area contributed by atoms with Crippen molar-refractivity contribution in [2.45, 2.75) is 38.5 Å². The van der Waals surface area contributed by atoms with Gasteiger partial charge in [0, 0.05) is 32.5 Å². The van der Waals surface area contributed by atoms with Gasteiger partial charge in [0.2, 0.25) is 11.8 Å². The van der Waals surface area contributed by atoms with E-state index in [0.717, 1.165) is 38.8 Å². The molecule has 1 aliphatic heterocycles. The third-order valence-corrected chi connectivity index (χ3v) is 3.68. The van der Waals surface area contributed by atoms with Crippen molar-refractivity contribution in [3.8, 4) is 0 Å². The zero-order chi connectivity index (χ0) is 12.8. The van der Waals surface area contributed by atoms with Gasteiger partial charge >= 0.3 is 0 Å². The maximum absolute atomic E-state index is 11.7. The molecule has 1 atom stereocenters. The quantitative estimate of drug-likeness (QED) is 0.751. The number of nitrogens with zero attached hydrogens (tertiary/aromatic N) is 1. The number of allylic oxidation sites excluding steroid dienone is 2. The first-order chi connectivity index (χ1) is 8.75. The summed E-state index contributed by atoms with van der Waals surface area (Å²) in [6.07, 6.45) is 9.66. The van der Waals surface area contributed by atoms with Gasteiger partial charge in [-0.25, -0.2) is 0 Å². The average Bonchev–Trinajstić information content (AvgIpc) is 3.00. The summed E-state index contributed by atoms with van der Waals surface area (Å²) in [6, 6.07) is 0. The summed E-state index contributed by atoms with van der Waals surface area (Å²) in [7, 11) is 0. The summed E-state index contributed by atoms with van der Waals surface area (Å²) in [5.41, 5.74) is 0. The lowest BCUT2D eigenvalue weighted by molar-refractivity contribution is -0.130. The Balaban J connectivity index is 1.58. The molecule has 18 heavy (non-hydrogen) atoms. The summed E-state index contributed by atoms with van der Waals surface area (Å²) in [5, 5.41) is 2.84. The Kier molecular flexibility index (Phi) is 4.79. The molecule has 1 heterocycles. The van der Waals surface area contributed by atoms with Gasteiger partial charge in [-0.15, -0.1) is 0 Å². The molecule has 1 fully saturated rings. The van der Waals surface area contributed by atoms with Crippen LogP contribution in [0.5, 0.6) is 0 Å². The van der Waals surface area contributed by atoms with E-state index in [1.165, 1.54) is 0 Å². The molecule has 0 aromatic heterocycles. The molecule has 2 aliphatic rings. The van der Waals surface area contributed by atoms with Crippen molar-refractivity contribution in [1.82, 2.24) is 10.2 Å². The Labute approximate surface area is 108 Å². The first-order valence-electron chi connectivity index (χ1n) is 6.97. The molecule has 0 spiro atoms. The van der Waals surface area contributed by atoms with Crippen molar-refractivity contribution in [3.63, 3.8) is 0 Å². The Bertz CT molecular complexity index is 333. The van der Waals surface area contributed by atoms with Crippen LogP contribution in [0, 0.1) is 5.92 Å². The zero-order valence-electron chi connectivity index (χ0n) is 10.9. The molecule has 0 aromatic carbocycles. The predicted octanol–water partition coefficient (Wildman–Crippen LogP) is 1.47. The number of nitrogens with one attached hydrogen (secondary N) is 1. The summed E-state index contributed by atoms with van der Waals surface area (Å²) in [4.78, 5) is 25.3. The highest BCUT2D eigenvalue weighted by molar-refractivity contribution is 5.79. The molecule has 0 aromatic rings. The molecule has 1 N–H and O–H groups in total. The number of carbonyl (C=O) groups is 2. The summed E-state index contributed by atoms with van der Waals surface area (Å²) in [6.45, 7) is 2.25. The number of rotatable bonds is 5. The van der Waals surface area contributed by atoms with Crippen LogP contribution in [0.15, 0.2) is 12.2 Å². The molecular weight excluding hydrogens is 228 g/mol.